The van der Waals surface area contributed by atoms with E-state index in [1.54, 1.807) is 0 Å². The lowest BCUT2D eigenvalue weighted by atomic mass is 10.2. The molecule has 190 valence electrons. The maximum absolute atomic E-state index is 13.1. The van der Waals surface area contributed by atoms with E-state index in [0.717, 1.165) is 23.2 Å². The zero-order valence-electron chi connectivity index (χ0n) is 17.9. The highest BCUT2D eigenvalue weighted by atomic mass is 35.5. The van der Waals surface area contributed by atoms with Gasteiger partial charge in [0.2, 0.25) is 0 Å². The fourth-order valence-electron chi connectivity index (χ4n) is 2.90. The molecule has 3 aromatic heterocycles. The fraction of sp³-hybridized carbons (Fsp3) is 0.190. The molecular weight excluding hydrogens is 518 g/mol. The number of alkyl halides is 6. The van der Waals surface area contributed by atoms with Crippen LogP contribution in [0.15, 0.2) is 48.9 Å². The Morgan fingerprint density at radius 1 is 0.972 bits per heavy atom. The standard InChI is InChI=1S/C21H15ClF6N6O2/c22-15-2-1-5-30-16(15)10-34(9-12-4-3-11(7-31-12)20(23,24)25)19(36)18(35)33-13-6-14(21(26,27)28)17(29)32-8-13/h1-8H,9-10H2,(H2,29,32)(H,33,35). The zero-order valence-corrected chi connectivity index (χ0v) is 18.6. The van der Waals surface area contributed by atoms with Crippen LogP contribution in [-0.4, -0.2) is 31.7 Å². The molecule has 3 heterocycles. The summed E-state index contributed by atoms with van der Waals surface area (Å²) in [5.41, 5.74) is 2.56. The predicted octanol–water partition coefficient (Wildman–Crippen LogP) is 4.31. The molecule has 0 atom stereocenters. The Hall–Kier alpha value is -3.94. The summed E-state index contributed by atoms with van der Waals surface area (Å²) in [6.45, 7) is -0.798. The van der Waals surface area contributed by atoms with Gasteiger partial charge in [-0.2, -0.15) is 26.3 Å². The van der Waals surface area contributed by atoms with Gasteiger partial charge in [-0.05, 0) is 30.3 Å². The quantitative estimate of drug-likeness (QED) is 0.374. The molecule has 0 aliphatic rings. The van der Waals surface area contributed by atoms with Crippen molar-refractivity contribution >= 4 is 34.9 Å². The average molecular weight is 533 g/mol. The first-order valence-electron chi connectivity index (χ1n) is 9.80. The monoisotopic (exact) mass is 532 g/mol. The molecule has 0 radical (unpaired) electrons. The number of amides is 2. The molecule has 0 fully saturated rings. The molecule has 3 rings (SSSR count). The van der Waals surface area contributed by atoms with Crippen molar-refractivity contribution in [2.75, 3.05) is 11.1 Å². The van der Waals surface area contributed by atoms with Gasteiger partial charge in [-0.15, -0.1) is 0 Å². The van der Waals surface area contributed by atoms with Crippen LogP contribution in [0, 0.1) is 0 Å². The summed E-state index contributed by atoms with van der Waals surface area (Å²) in [5.74, 6) is -3.43. The Labute approximate surface area is 204 Å². The molecule has 36 heavy (non-hydrogen) atoms. The number of hydrogen-bond donors (Lipinski definition) is 2. The van der Waals surface area contributed by atoms with Crippen molar-refractivity contribution in [2.24, 2.45) is 0 Å². The van der Waals surface area contributed by atoms with E-state index < -0.39 is 53.3 Å². The topological polar surface area (TPSA) is 114 Å². The number of carbonyl (C=O) groups excluding carboxylic acids is 2. The van der Waals surface area contributed by atoms with Crippen molar-refractivity contribution < 1.29 is 35.9 Å². The number of carbonyl (C=O) groups is 2. The number of nitrogens with zero attached hydrogens (tertiary/aromatic N) is 4. The second-order valence-corrected chi connectivity index (χ2v) is 7.64. The van der Waals surface area contributed by atoms with E-state index in [1.165, 1.54) is 18.3 Å². The van der Waals surface area contributed by atoms with Gasteiger partial charge in [0, 0.05) is 12.4 Å². The van der Waals surface area contributed by atoms with Crippen LogP contribution in [0.4, 0.5) is 37.8 Å². The van der Waals surface area contributed by atoms with Gasteiger partial charge in [-0.3, -0.25) is 19.6 Å². The number of pyridine rings is 3. The average Bonchev–Trinajstić information content (AvgIpc) is 2.79. The van der Waals surface area contributed by atoms with Gasteiger partial charge in [0.15, 0.2) is 0 Å². The van der Waals surface area contributed by atoms with Crippen LogP contribution in [-0.2, 0) is 35.0 Å². The highest BCUT2D eigenvalue weighted by Crippen LogP contribution is 2.34. The van der Waals surface area contributed by atoms with Crippen LogP contribution < -0.4 is 11.1 Å². The highest BCUT2D eigenvalue weighted by Gasteiger charge is 2.35. The van der Waals surface area contributed by atoms with Crippen LogP contribution in [0.2, 0.25) is 5.02 Å². The van der Waals surface area contributed by atoms with Crippen molar-refractivity contribution in [1.82, 2.24) is 19.9 Å². The number of rotatable bonds is 5. The van der Waals surface area contributed by atoms with Gasteiger partial charge in [0.1, 0.15) is 5.82 Å². The Kier molecular flexibility index (Phi) is 7.67. The first-order valence-corrected chi connectivity index (χ1v) is 10.2. The summed E-state index contributed by atoms with van der Waals surface area (Å²) in [6.07, 6.45) is -6.75. The van der Waals surface area contributed by atoms with E-state index in [4.69, 9.17) is 17.3 Å². The number of aromatic nitrogens is 3. The normalized spacial score (nSPS) is 11.8. The zero-order chi connectivity index (χ0) is 26.7. The van der Waals surface area contributed by atoms with Gasteiger partial charge in [0.05, 0.1) is 52.5 Å². The lowest BCUT2D eigenvalue weighted by Crippen LogP contribution is -2.39. The summed E-state index contributed by atoms with van der Waals surface area (Å²) in [7, 11) is 0. The second-order valence-electron chi connectivity index (χ2n) is 7.24. The van der Waals surface area contributed by atoms with Crippen molar-refractivity contribution in [3.05, 3.63) is 76.5 Å². The number of hydrogen-bond acceptors (Lipinski definition) is 6. The van der Waals surface area contributed by atoms with Gasteiger partial charge in [-0.25, -0.2) is 4.98 Å². The van der Waals surface area contributed by atoms with E-state index in [1.807, 2.05) is 5.32 Å². The third kappa shape index (κ3) is 6.59. The molecule has 0 aromatic carbocycles. The Balaban J connectivity index is 1.86. The molecule has 15 heteroatoms. The van der Waals surface area contributed by atoms with Crippen LogP contribution in [0.1, 0.15) is 22.5 Å². The molecule has 0 saturated carbocycles. The van der Waals surface area contributed by atoms with Crippen molar-refractivity contribution in [3.63, 3.8) is 0 Å². The number of nitrogens with one attached hydrogen (secondary N) is 1. The molecular formula is C21H15ClF6N6O2. The number of halogens is 7. The molecule has 8 nitrogen and oxygen atoms in total. The van der Waals surface area contributed by atoms with E-state index in [0.29, 0.717) is 12.3 Å². The van der Waals surface area contributed by atoms with Gasteiger partial charge in [-0.1, -0.05) is 11.6 Å². The molecule has 0 spiro atoms. The minimum atomic E-state index is -4.86. The maximum Gasteiger partial charge on any atom is 0.420 e. The van der Waals surface area contributed by atoms with Crippen molar-refractivity contribution in [2.45, 2.75) is 25.4 Å². The number of nitrogens with two attached hydrogens (primary N) is 1. The summed E-state index contributed by atoms with van der Waals surface area (Å²) in [4.78, 5) is 37.4. The SMILES string of the molecule is Nc1ncc(NC(=O)C(=O)N(Cc2ccc(C(F)(F)F)cn2)Cc2ncccc2Cl)cc1C(F)(F)F. The van der Waals surface area contributed by atoms with Crippen molar-refractivity contribution in [3.8, 4) is 0 Å². The van der Waals surface area contributed by atoms with E-state index in [2.05, 4.69) is 15.0 Å². The molecule has 2 amide bonds. The largest absolute Gasteiger partial charge is 0.420 e. The van der Waals surface area contributed by atoms with Gasteiger partial charge >= 0.3 is 24.2 Å². The highest BCUT2D eigenvalue weighted by molar-refractivity contribution is 6.39. The molecule has 0 bridgehead atoms. The first kappa shape index (κ1) is 26.7. The smallest absolute Gasteiger partial charge is 0.383 e. The summed E-state index contributed by atoms with van der Waals surface area (Å²) in [6, 6.07) is 5.24. The Morgan fingerprint density at radius 3 is 2.28 bits per heavy atom. The molecule has 0 unspecified atom stereocenters. The minimum Gasteiger partial charge on any atom is -0.383 e. The second kappa shape index (κ2) is 10.4. The number of nitrogen functional groups attached to an aromatic ring is 1. The van der Waals surface area contributed by atoms with Crippen molar-refractivity contribution in [1.29, 1.82) is 0 Å². The molecule has 3 N–H and O–H groups in total. The number of anilines is 2. The Morgan fingerprint density at radius 2 is 1.69 bits per heavy atom. The maximum atomic E-state index is 13.1. The molecule has 0 saturated heterocycles. The summed E-state index contributed by atoms with van der Waals surface area (Å²) < 4.78 is 77.7. The lowest BCUT2D eigenvalue weighted by molar-refractivity contribution is -0.144. The van der Waals surface area contributed by atoms with Crippen LogP contribution >= 0.6 is 11.6 Å². The fourth-order valence-corrected chi connectivity index (χ4v) is 3.08. The third-order valence-corrected chi connectivity index (χ3v) is 4.99. The van der Waals surface area contributed by atoms with Gasteiger partial charge < -0.3 is 16.0 Å². The van der Waals surface area contributed by atoms with Gasteiger partial charge in [0.25, 0.3) is 0 Å². The van der Waals surface area contributed by atoms with Crippen LogP contribution in [0.3, 0.4) is 0 Å². The minimum absolute atomic E-state index is 0.00953. The predicted molar refractivity (Wildman–Crippen MR) is 115 cm³/mol. The summed E-state index contributed by atoms with van der Waals surface area (Å²) in [5, 5.41) is 2.14. The molecule has 0 aliphatic carbocycles. The van der Waals surface area contributed by atoms with Crippen LogP contribution in [0.25, 0.3) is 0 Å². The van der Waals surface area contributed by atoms with E-state index >= 15 is 0 Å². The third-order valence-electron chi connectivity index (χ3n) is 4.64. The molecule has 0 aliphatic heterocycles. The summed E-state index contributed by atoms with van der Waals surface area (Å²) >= 11 is 6.06. The molecule has 3 aromatic rings. The van der Waals surface area contributed by atoms with Crippen LogP contribution in [0.5, 0.6) is 0 Å². The lowest BCUT2D eigenvalue weighted by Gasteiger charge is -2.22. The Bertz CT molecular complexity index is 1270. The first-order chi connectivity index (χ1) is 16.8. The van der Waals surface area contributed by atoms with E-state index in [9.17, 15) is 35.9 Å². The van der Waals surface area contributed by atoms with E-state index in [-0.39, 0.29) is 23.0 Å².